The van der Waals surface area contributed by atoms with Gasteiger partial charge in [0.1, 0.15) is 5.78 Å². The fourth-order valence-corrected chi connectivity index (χ4v) is 3.70. The third kappa shape index (κ3) is 40.5. The van der Waals surface area contributed by atoms with Crippen LogP contribution in [0.1, 0.15) is 38.7 Å². The van der Waals surface area contributed by atoms with Gasteiger partial charge in [-0.25, -0.2) is 0 Å². The van der Waals surface area contributed by atoms with Crippen molar-refractivity contribution in [3.05, 3.63) is 35.9 Å². The van der Waals surface area contributed by atoms with Gasteiger partial charge in [-0.15, -0.1) is 6.42 Å². The van der Waals surface area contributed by atoms with Crippen LogP contribution < -0.4 is 0 Å². The van der Waals surface area contributed by atoms with Crippen LogP contribution in [0.3, 0.4) is 0 Å². The summed E-state index contributed by atoms with van der Waals surface area (Å²) in [6.07, 6.45) is 6.96. The third-order valence-electron chi connectivity index (χ3n) is 6.53. The number of rotatable bonds is 5. The first-order valence-electron chi connectivity index (χ1n) is 20.1. The Bertz CT molecular complexity index is 4500. The second kappa shape index (κ2) is 46.7. The lowest BCUT2D eigenvalue weighted by atomic mass is 9.78. The number of carbonyl (C=O) groups excluding carboxylic acids is 1. The highest BCUT2D eigenvalue weighted by Crippen LogP contribution is 2.29. The van der Waals surface area contributed by atoms with Gasteiger partial charge >= 0.3 is 0 Å². The molecule has 0 saturated heterocycles. The number of carbonyl (C=O) groups is 1. The van der Waals surface area contributed by atoms with E-state index in [0.29, 0.717) is 6.42 Å². The summed E-state index contributed by atoms with van der Waals surface area (Å²) in [4.78, 5) is 11.4. The molecular formula is C73H18O. The summed E-state index contributed by atoms with van der Waals surface area (Å²) in [6.45, 7) is 3.64. The predicted molar refractivity (Wildman–Crippen MR) is 293 cm³/mol. The normalized spacial score (nSPS) is 6.12. The highest BCUT2D eigenvalue weighted by Gasteiger charge is 2.23. The first kappa shape index (κ1) is 57.7. The first-order valence-corrected chi connectivity index (χ1v) is 20.1. The van der Waals surface area contributed by atoms with Crippen LogP contribution in [0.4, 0.5) is 0 Å². The van der Waals surface area contributed by atoms with E-state index in [-0.39, 0.29) is 5.78 Å². The summed E-state index contributed by atoms with van der Waals surface area (Å²) in [7, 11) is 0. The van der Waals surface area contributed by atoms with Crippen molar-refractivity contribution in [1.29, 1.82) is 0 Å². The fraction of sp³-hybridized carbons (Fsp3) is 0.0822. The van der Waals surface area contributed by atoms with E-state index in [4.69, 9.17) is 6.42 Å². The van der Waals surface area contributed by atoms with Crippen molar-refractivity contribution in [1.82, 2.24) is 0 Å². The molecule has 0 fully saturated rings. The Kier molecular flexibility index (Phi) is 36.4. The van der Waals surface area contributed by atoms with Gasteiger partial charge in [-0.3, -0.25) is 0 Å². The van der Waals surface area contributed by atoms with Crippen molar-refractivity contribution >= 4 is 5.78 Å². The number of terminal acetylenes is 1. The molecule has 74 heavy (non-hydrogen) atoms. The Hall–Kier alpha value is -14.3. The van der Waals surface area contributed by atoms with Gasteiger partial charge in [0.25, 0.3) is 0 Å². The summed E-state index contributed by atoms with van der Waals surface area (Å²) in [5.74, 6) is 149. The van der Waals surface area contributed by atoms with Crippen LogP contribution in [0.5, 0.6) is 0 Å². The van der Waals surface area contributed by atoms with Crippen LogP contribution >= 0.6 is 0 Å². The molecule has 1 nitrogen and oxygen atoms in total. The molecule has 0 radical (unpaired) electrons. The lowest BCUT2D eigenvalue weighted by Crippen LogP contribution is -2.20. The molecule has 0 aliphatic heterocycles. The summed E-state index contributed by atoms with van der Waals surface area (Å²) >= 11 is 0. The number of hydrogen-bond acceptors (Lipinski definition) is 1. The lowest BCUT2D eigenvalue weighted by Gasteiger charge is -2.24. The van der Waals surface area contributed by atoms with Gasteiger partial charge in [-0.05, 0) is 127 Å². The average molecular weight is 911 g/mol. The first-order chi connectivity index (χ1) is 36.6. The molecule has 0 spiro atoms. The van der Waals surface area contributed by atoms with E-state index in [1.807, 2.05) is 37.3 Å². The Morgan fingerprint density at radius 1 is 0.324 bits per heavy atom. The van der Waals surface area contributed by atoms with Gasteiger partial charge in [0.2, 0.25) is 0 Å². The minimum Gasteiger partial charge on any atom is -0.300 e. The summed E-state index contributed by atoms with van der Waals surface area (Å²) < 4.78 is 0. The number of hydrogen-bond donors (Lipinski definition) is 0. The molecular weight excluding hydrogens is 893 g/mol. The van der Waals surface area contributed by atoms with Crippen molar-refractivity contribution in [2.45, 2.75) is 38.5 Å². The third-order valence-corrected chi connectivity index (χ3v) is 6.53. The highest BCUT2D eigenvalue weighted by atomic mass is 16.1. The molecule has 1 rings (SSSR count). The summed E-state index contributed by atoms with van der Waals surface area (Å²) in [6, 6.07) is 9.94. The van der Waals surface area contributed by atoms with E-state index in [0.717, 1.165) is 18.4 Å². The average Bonchev–Trinajstić information content (AvgIpc) is 3.40. The van der Waals surface area contributed by atoms with Gasteiger partial charge in [-0.2, -0.15) is 0 Å². The monoisotopic (exact) mass is 910 g/mol. The van der Waals surface area contributed by atoms with Crippen LogP contribution in [0.2, 0.25) is 0 Å². The zero-order chi connectivity index (χ0) is 53.0. The molecule has 0 heterocycles. The van der Waals surface area contributed by atoms with Crippen molar-refractivity contribution in [3.63, 3.8) is 0 Å². The Morgan fingerprint density at radius 2 is 0.514 bits per heavy atom. The topological polar surface area (TPSA) is 17.1 Å². The molecule has 1 aromatic rings. The van der Waals surface area contributed by atoms with Gasteiger partial charge < -0.3 is 4.79 Å². The molecule has 0 aliphatic rings. The Morgan fingerprint density at radius 3 is 0.703 bits per heavy atom. The van der Waals surface area contributed by atoms with E-state index in [1.165, 1.54) is 0 Å². The zero-order valence-electron chi connectivity index (χ0n) is 39.0. The van der Waals surface area contributed by atoms with E-state index in [2.05, 4.69) is 349 Å². The smallest absolute Gasteiger partial charge is 0.129 e. The Labute approximate surface area is 438 Å². The highest BCUT2D eigenvalue weighted by molar-refractivity contribution is 5.75. The molecule has 0 bridgehead atoms. The molecule has 1 atom stereocenters. The van der Waals surface area contributed by atoms with Crippen molar-refractivity contribution in [3.8, 4) is 356 Å². The van der Waals surface area contributed by atoms with Gasteiger partial charge in [0.15, 0.2) is 0 Å². The maximum atomic E-state index is 11.4. The van der Waals surface area contributed by atoms with Crippen LogP contribution in [-0.2, 0) is 10.2 Å². The van der Waals surface area contributed by atoms with Crippen LogP contribution in [-0.4, -0.2) is 5.78 Å². The molecule has 1 unspecified atom stereocenters. The number of Topliss-reactive ketones (excluding diaryl/α,β-unsaturated/α-hetero) is 1. The van der Waals surface area contributed by atoms with Crippen molar-refractivity contribution < 1.29 is 4.79 Å². The quantitative estimate of drug-likeness (QED) is 0.415. The molecule has 0 aliphatic carbocycles. The molecule has 0 N–H and O–H groups in total. The number of benzene rings is 1. The van der Waals surface area contributed by atoms with Crippen molar-refractivity contribution in [2.24, 2.45) is 0 Å². The molecule has 0 amide bonds. The molecule has 1 heteroatoms. The van der Waals surface area contributed by atoms with E-state index >= 15 is 0 Å². The summed E-state index contributed by atoms with van der Waals surface area (Å²) in [5.41, 5.74) is 0.655. The maximum absolute atomic E-state index is 11.4. The van der Waals surface area contributed by atoms with Gasteiger partial charge in [0.05, 0.1) is 5.41 Å². The fourth-order valence-electron chi connectivity index (χ4n) is 3.70. The zero-order valence-corrected chi connectivity index (χ0v) is 39.0. The minimum absolute atomic E-state index is 0.161. The van der Waals surface area contributed by atoms with Crippen LogP contribution in [0.15, 0.2) is 30.3 Å². The van der Waals surface area contributed by atoms with E-state index < -0.39 is 5.41 Å². The predicted octanol–water partition coefficient (Wildman–Crippen LogP) is 3.44. The molecule has 316 valence electrons. The van der Waals surface area contributed by atoms with E-state index in [9.17, 15) is 4.79 Å². The van der Waals surface area contributed by atoms with Crippen molar-refractivity contribution in [2.75, 3.05) is 0 Å². The van der Waals surface area contributed by atoms with Crippen LogP contribution in [0, 0.1) is 356 Å². The van der Waals surface area contributed by atoms with Gasteiger partial charge in [-0.1, -0.05) is 36.3 Å². The largest absolute Gasteiger partial charge is 0.300 e. The second-order valence-electron chi connectivity index (χ2n) is 11.6. The molecule has 0 aromatic heterocycles. The standard InChI is InChI=1S/C73H18O/c1-4-5-6-7-8-9-10-11-12-13-14-15-16-17-18-19-20-21-22-23-24-25-26-27-28-29-30-31-32-33-34-35-36-37-38-39-40-41-42-43-44-45-46-47-48-49-50-51-52-53-54-55-56-57-58-59-60-64-69-73(3,70-65-66-71(2)74)72-67-62-61-63-68-72/h1,61-63,67-68H,65-66,70H2,2-3H3. The summed E-state index contributed by atoms with van der Waals surface area (Å²) in [5, 5.41) is 0. The van der Waals surface area contributed by atoms with Gasteiger partial charge in [0, 0.05) is 255 Å². The van der Waals surface area contributed by atoms with Crippen LogP contribution in [0.25, 0.3) is 0 Å². The number of ketones is 1. The second-order valence-corrected chi connectivity index (χ2v) is 11.6. The SMILES string of the molecule is C#CC#CC#CC#CC#CC#CC#CC#CC#CC#CC#CC#CC#CC#CC#CC#CC#CC#CC#CC#CC#CC#CC#CC#CC#CC#CC#CC#CC#CC#CC(C)(CCCC(C)=O)c1ccccc1. The molecule has 0 saturated carbocycles. The maximum Gasteiger partial charge on any atom is 0.129 e. The minimum atomic E-state index is -0.421. The van der Waals surface area contributed by atoms with E-state index in [1.54, 1.807) is 6.92 Å². The Balaban J connectivity index is 2.44. The lowest BCUT2D eigenvalue weighted by molar-refractivity contribution is -0.117. The molecule has 1 aromatic carbocycles.